The van der Waals surface area contributed by atoms with Gasteiger partial charge in [-0.1, -0.05) is 51.5 Å². The number of benzene rings is 2. The number of unbranched alkanes of at least 4 members (excludes halogenated alkanes) is 1. The lowest BCUT2D eigenvalue weighted by atomic mass is 10.00. The number of hydrogen-bond donors (Lipinski definition) is 3. The van der Waals surface area contributed by atoms with Gasteiger partial charge in [0.05, 0.1) is 12.1 Å². The summed E-state index contributed by atoms with van der Waals surface area (Å²) in [5.41, 5.74) is 2.49. The number of aliphatic hydroxyl groups is 1. The summed E-state index contributed by atoms with van der Waals surface area (Å²) >= 11 is 0. The van der Waals surface area contributed by atoms with E-state index in [0.29, 0.717) is 19.5 Å². The maximum Gasteiger partial charge on any atom is 0.246 e. The molecule has 224 valence electrons. The van der Waals surface area contributed by atoms with Crippen molar-refractivity contribution in [3.8, 4) is 0 Å². The Balaban J connectivity index is 1.68. The zero-order valence-corrected chi connectivity index (χ0v) is 24.2. The lowest BCUT2D eigenvalue weighted by Gasteiger charge is -2.40. The average Bonchev–Trinajstić information content (AvgIpc) is 2.93. The Hall–Kier alpha value is -3.37. The summed E-state index contributed by atoms with van der Waals surface area (Å²) in [6.45, 7) is 6.42. The van der Waals surface area contributed by atoms with Crippen LogP contribution < -0.4 is 10.6 Å². The molecule has 2 aromatic carbocycles. The van der Waals surface area contributed by atoms with Gasteiger partial charge in [0.2, 0.25) is 17.7 Å². The molecule has 1 aliphatic rings. The molecule has 0 bridgehead atoms. The van der Waals surface area contributed by atoms with Crippen LogP contribution in [0.2, 0.25) is 0 Å². The molecule has 10 heteroatoms. The molecule has 0 saturated carbocycles. The highest BCUT2D eigenvalue weighted by Crippen LogP contribution is 2.17. The summed E-state index contributed by atoms with van der Waals surface area (Å²) in [6.07, 6.45) is 1.87. The predicted octanol–water partition coefficient (Wildman–Crippen LogP) is 2.95. The highest BCUT2D eigenvalue weighted by molar-refractivity contribution is 5.97. The van der Waals surface area contributed by atoms with E-state index in [1.165, 1.54) is 10.5 Å². The minimum absolute atomic E-state index is 0.0379. The number of nitrogens with one attached hydrogen (secondary N) is 2. The lowest BCUT2D eigenvalue weighted by molar-refractivity contribution is -0.157. The maximum atomic E-state index is 13.9. The van der Waals surface area contributed by atoms with Crippen molar-refractivity contribution in [2.24, 2.45) is 0 Å². The van der Waals surface area contributed by atoms with E-state index in [1.807, 2.05) is 32.0 Å². The van der Waals surface area contributed by atoms with Crippen LogP contribution in [0.4, 0.5) is 8.78 Å². The van der Waals surface area contributed by atoms with Crippen LogP contribution in [0, 0.1) is 11.6 Å². The molecular formula is C31H42F2N4O4. The van der Waals surface area contributed by atoms with Crippen LogP contribution >= 0.6 is 0 Å². The zero-order chi connectivity index (χ0) is 29.9. The summed E-state index contributed by atoms with van der Waals surface area (Å²) in [4.78, 5) is 41.9. The van der Waals surface area contributed by atoms with Crippen molar-refractivity contribution in [1.82, 2.24) is 20.4 Å². The average molecular weight is 573 g/mol. The van der Waals surface area contributed by atoms with Gasteiger partial charge in [0.25, 0.3) is 0 Å². The number of carbonyl (C=O) groups is 3. The number of amides is 3. The van der Waals surface area contributed by atoms with E-state index in [2.05, 4.69) is 23.6 Å². The van der Waals surface area contributed by atoms with Gasteiger partial charge in [0.15, 0.2) is 0 Å². The highest BCUT2D eigenvalue weighted by atomic mass is 19.1. The van der Waals surface area contributed by atoms with Gasteiger partial charge in [0.1, 0.15) is 30.8 Å². The number of halogens is 2. The fourth-order valence-electron chi connectivity index (χ4n) is 5.15. The summed E-state index contributed by atoms with van der Waals surface area (Å²) in [7, 11) is 0. The van der Waals surface area contributed by atoms with E-state index in [1.54, 1.807) is 4.90 Å². The molecule has 0 aliphatic carbocycles. The van der Waals surface area contributed by atoms with E-state index in [-0.39, 0.29) is 43.4 Å². The molecule has 1 aliphatic heterocycles. The van der Waals surface area contributed by atoms with Gasteiger partial charge in [-0.2, -0.15) is 0 Å². The minimum Gasteiger partial charge on any atom is -0.390 e. The Labute approximate surface area is 241 Å². The Bertz CT molecular complexity index is 1170. The molecule has 3 rings (SSSR count). The van der Waals surface area contributed by atoms with Crippen molar-refractivity contribution in [3.63, 3.8) is 0 Å². The third-order valence-electron chi connectivity index (χ3n) is 7.36. The number of aliphatic hydroxyl groups excluding tert-OH is 1. The van der Waals surface area contributed by atoms with Gasteiger partial charge in [-0.25, -0.2) is 8.78 Å². The van der Waals surface area contributed by atoms with Crippen molar-refractivity contribution in [2.45, 2.75) is 77.6 Å². The molecule has 1 saturated heterocycles. The van der Waals surface area contributed by atoms with Crippen LogP contribution in [0.15, 0.2) is 42.5 Å². The molecule has 0 aromatic heterocycles. The Morgan fingerprint density at radius 2 is 1.76 bits per heavy atom. The fraction of sp³-hybridized carbons (Fsp3) is 0.516. The summed E-state index contributed by atoms with van der Waals surface area (Å²) in [6, 6.07) is 9.58. The first-order chi connectivity index (χ1) is 19.6. The maximum absolute atomic E-state index is 13.9. The third kappa shape index (κ3) is 9.33. The number of carbonyl (C=O) groups excluding carboxylic acids is 3. The van der Waals surface area contributed by atoms with E-state index >= 15 is 0 Å². The highest BCUT2D eigenvalue weighted by Gasteiger charge is 2.38. The second-order valence-corrected chi connectivity index (χ2v) is 10.6. The Morgan fingerprint density at radius 1 is 1.05 bits per heavy atom. The van der Waals surface area contributed by atoms with E-state index in [0.717, 1.165) is 43.0 Å². The second-order valence-electron chi connectivity index (χ2n) is 10.6. The van der Waals surface area contributed by atoms with Crippen LogP contribution in [0.5, 0.6) is 0 Å². The molecule has 1 heterocycles. The van der Waals surface area contributed by atoms with Crippen LogP contribution in [-0.2, 0) is 33.8 Å². The first-order valence-corrected chi connectivity index (χ1v) is 14.4. The standard InChI is InChI=1S/C31H42F2N4O4/c1-4-7-11-37-27(6-3)31(41)36(20-30(37)40)19-29(39)35-26(15-23-13-24(32)16-25(33)14-23)28(38)18-34-17-22-10-8-9-21(5-2)12-22/h8-10,12-14,16,26-28,34,38H,4-7,11,15,17-20H2,1-3H3,(H,35,39)/t26-,27+,28-/m0/s1. The largest absolute Gasteiger partial charge is 0.390 e. The molecule has 3 atom stereocenters. The van der Waals surface area contributed by atoms with Gasteiger partial charge < -0.3 is 25.5 Å². The molecule has 0 radical (unpaired) electrons. The lowest BCUT2D eigenvalue weighted by Crippen LogP contribution is -2.61. The first kappa shape index (κ1) is 32.1. The molecule has 0 spiro atoms. The van der Waals surface area contributed by atoms with E-state index < -0.39 is 35.7 Å². The van der Waals surface area contributed by atoms with Gasteiger partial charge in [-0.3, -0.25) is 14.4 Å². The van der Waals surface area contributed by atoms with Crippen LogP contribution in [0.3, 0.4) is 0 Å². The smallest absolute Gasteiger partial charge is 0.246 e. The molecule has 1 fully saturated rings. The Kier molecular flexibility index (Phi) is 12.2. The summed E-state index contributed by atoms with van der Waals surface area (Å²) in [5.74, 6) is -2.59. The molecular weight excluding hydrogens is 530 g/mol. The van der Waals surface area contributed by atoms with Gasteiger partial charge in [0, 0.05) is 25.7 Å². The fourth-order valence-corrected chi connectivity index (χ4v) is 5.15. The molecule has 8 nitrogen and oxygen atoms in total. The second kappa shape index (κ2) is 15.6. The SMILES string of the molecule is CCCCN1C(=O)CN(CC(=O)N[C@@H](Cc2cc(F)cc(F)c2)[C@@H](O)CNCc2cccc(CC)c2)C(=O)[C@H]1CC. The normalized spacial score (nSPS) is 17.1. The van der Waals surface area contributed by atoms with Gasteiger partial charge in [-0.05, 0) is 54.5 Å². The third-order valence-corrected chi connectivity index (χ3v) is 7.36. The van der Waals surface area contributed by atoms with Crippen molar-refractivity contribution in [2.75, 3.05) is 26.2 Å². The Morgan fingerprint density at radius 3 is 2.41 bits per heavy atom. The number of piperazine rings is 1. The molecule has 0 unspecified atom stereocenters. The molecule has 3 amide bonds. The van der Waals surface area contributed by atoms with E-state index in [4.69, 9.17) is 0 Å². The van der Waals surface area contributed by atoms with Gasteiger partial charge >= 0.3 is 0 Å². The summed E-state index contributed by atoms with van der Waals surface area (Å²) < 4.78 is 27.8. The first-order valence-electron chi connectivity index (χ1n) is 14.4. The molecule has 41 heavy (non-hydrogen) atoms. The topological polar surface area (TPSA) is 102 Å². The van der Waals surface area contributed by atoms with Gasteiger partial charge in [-0.15, -0.1) is 0 Å². The number of hydrogen-bond acceptors (Lipinski definition) is 5. The minimum atomic E-state index is -1.11. The van der Waals surface area contributed by atoms with Crippen molar-refractivity contribution < 1.29 is 28.3 Å². The monoisotopic (exact) mass is 572 g/mol. The van der Waals surface area contributed by atoms with Crippen molar-refractivity contribution in [3.05, 3.63) is 70.8 Å². The number of rotatable bonds is 15. The summed E-state index contributed by atoms with van der Waals surface area (Å²) in [5, 5.41) is 16.9. The van der Waals surface area contributed by atoms with Crippen LogP contribution in [-0.4, -0.2) is 77.0 Å². The van der Waals surface area contributed by atoms with Crippen LogP contribution in [0.25, 0.3) is 0 Å². The predicted molar refractivity (Wildman–Crippen MR) is 153 cm³/mol. The molecule has 3 N–H and O–H groups in total. The number of nitrogens with zero attached hydrogens (tertiary/aromatic N) is 2. The van der Waals surface area contributed by atoms with Crippen LogP contribution in [0.1, 0.15) is 56.7 Å². The van der Waals surface area contributed by atoms with Crippen molar-refractivity contribution in [1.29, 1.82) is 0 Å². The molecule has 2 aromatic rings. The van der Waals surface area contributed by atoms with Crippen molar-refractivity contribution >= 4 is 17.7 Å². The van der Waals surface area contributed by atoms with E-state index in [9.17, 15) is 28.3 Å². The zero-order valence-electron chi connectivity index (χ0n) is 24.2. The number of aryl methyl sites for hydroxylation is 1. The quantitative estimate of drug-likeness (QED) is 0.305.